The molecule has 0 saturated carbocycles. The molecule has 114 valence electrons. The lowest BCUT2D eigenvalue weighted by molar-refractivity contribution is 0.228. The molecule has 0 spiro atoms. The molecule has 0 aliphatic rings. The number of aliphatic hydroxyl groups is 1. The SMILES string of the molecule is CC(CO)CCCNS(=O)(=O)c1cc(Br)c(F)cc1N. The van der Waals surface area contributed by atoms with Crippen LogP contribution in [0.1, 0.15) is 19.8 Å². The molecule has 5 nitrogen and oxygen atoms in total. The standard InChI is InChI=1S/C12H18BrFN2O3S/c1-8(7-17)3-2-4-16-20(18,19)12-5-9(13)10(14)6-11(12)15/h5-6,8,16-17H,2-4,7,15H2,1H3. The van der Waals surface area contributed by atoms with E-state index < -0.39 is 15.8 Å². The maximum Gasteiger partial charge on any atom is 0.242 e. The minimum Gasteiger partial charge on any atom is -0.398 e. The Morgan fingerprint density at radius 3 is 2.75 bits per heavy atom. The van der Waals surface area contributed by atoms with E-state index in [0.717, 1.165) is 12.1 Å². The average Bonchev–Trinajstić information content (AvgIpc) is 2.38. The van der Waals surface area contributed by atoms with Crippen molar-refractivity contribution >= 4 is 31.6 Å². The number of nitrogens with two attached hydrogens (primary N) is 1. The Morgan fingerprint density at radius 2 is 2.15 bits per heavy atom. The number of nitrogens with one attached hydrogen (secondary N) is 1. The Bertz CT molecular complexity index is 566. The first-order valence-electron chi connectivity index (χ1n) is 6.13. The Labute approximate surface area is 126 Å². The maximum atomic E-state index is 13.2. The van der Waals surface area contributed by atoms with E-state index in [1.165, 1.54) is 0 Å². The predicted molar refractivity (Wildman–Crippen MR) is 79.2 cm³/mol. The first-order valence-corrected chi connectivity index (χ1v) is 8.40. The summed E-state index contributed by atoms with van der Waals surface area (Å²) in [6.45, 7) is 2.19. The van der Waals surface area contributed by atoms with E-state index in [9.17, 15) is 12.8 Å². The summed E-state index contributed by atoms with van der Waals surface area (Å²) in [7, 11) is -3.77. The molecule has 20 heavy (non-hydrogen) atoms. The maximum absolute atomic E-state index is 13.2. The third-order valence-electron chi connectivity index (χ3n) is 2.82. The molecule has 0 aliphatic heterocycles. The minimum absolute atomic E-state index is 0.0426. The Hall–Kier alpha value is -0.700. The number of hydrogen-bond acceptors (Lipinski definition) is 4. The first-order chi connectivity index (χ1) is 9.27. The van der Waals surface area contributed by atoms with Crippen molar-refractivity contribution in [1.29, 1.82) is 0 Å². The van der Waals surface area contributed by atoms with Crippen LogP contribution in [0, 0.1) is 11.7 Å². The molecule has 0 radical (unpaired) electrons. The molecule has 0 heterocycles. The monoisotopic (exact) mass is 368 g/mol. The number of benzene rings is 1. The van der Waals surface area contributed by atoms with E-state index in [1.54, 1.807) is 0 Å². The largest absolute Gasteiger partial charge is 0.398 e. The topological polar surface area (TPSA) is 92.4 Å². The number of nitrogen functional groups attached to an aromatic ring is 1. The molecule has 0 fully saturated rings. The van der Waals surface area contributed by atoms with Crippen LogP contribution in [-0.2, 0) is 10.0 Å². The summed E-state index contributed by atoms with van der Waals surface area (Å²) in [4.78, 5) is -0.152. The molecule has 1 aromatic carbocycles. The Kier molecular flexibility index (Phi) is 6.38. The molecule has 1 aromatic rings. The normalized spacial score (nSPS) is 13.4. The van der Waals surface area contributed by atoms with Gasteiger partial charge in [0, 0.05) is 13.2 Å². The molecule has 0 bridgehead atoms. The fourth-order valence-electron chi connectivity index (χ4n) is 1.60. The second-order valence-electron chi connectivity index (χ2n) is 4.63. The number of aliphatic hydroxyl groups excluding tert-OH is 1. The zero-order chi connectivity index (χ0) is 15.3. The van der Waals surface area contributed by atoms with Crippen LogP contribution >= 0.6 is 15.9 Å². The van der Waals surface area contributed by atoms with Gasteiger partial charge in [-0.25, -0.2) is 17.5 Å². The van der Waals surface area contributed by atoms with Gasteiger partial charge < -0.3 is 10.8 Å². The van der Waals surface area contributed by atoms with Crippen molar-refractivity contribution in [3.8, 4) is 0 Å². The van der Waals surface area contributed by atoms with E-state index in [1.807, 2.05) is 6.92 Å². The van der Waals surface area contributed by atoms with Crippen LogP contribution in [0.5, 0.6) is 0 Å². The lowest BCUT2D eigenvalue weighted by atomic mass is 10.1. The van der Waals surface area contributed by atoms with Crippen LogP contribution in [0.15, 0.2) is 21.5 Å². The quantitative estimate of drug-likeness (QED) is 0.505. The number of halogens is 2. The van der Waals surface area contributed by atoms with Crippen molar-refractivity contribution in [2.75, 3.05) is 18.9 Å². The molecule has 0 aliphatic carbocycles. The molecule has 1 rings (SSSR count). The lowest BCUT2D eigenvalue weighted by Gasteiger charge is -2.11. The summed E-state index contributed by atoms with van der Waals surface area (Å²) in [5.41, 5.74) is 5.40. The third-order valence-corrected chi connectivity index (χ3v) is 4.94. The molecular formula is C12H18BrFN2O3S. The number of sulfonamides is 1. The summed E-state index contributed by atoms with van der Waals surface area (Å²) in [6, 6.07) is 2.11. The van der Waals surface area contributed by atoms with Crippen molar-refractivity contribution in [2.45, 2.75) is 24.7 Å². The van der Waals surface area contributed by atoms with E-state index >= 15 is 0 Å². The van der Waals surface area contributed by atoms with Gasteiger partial charge in [-0.3, -0.25) is 0 Å². The van der Waals surface area contributed by atoms with Crippen LogP contribution in [0.25, 0.3) is 0 Å². The van der Waals surface area contributed by atoms with Crippen molar-refractivity contribution < 1.29 is 17.9 Å². The van der Waals surface area contributed by atoms with Crippen LogP contribution < -0.4 is 10.5 Å². The van der Waals surface area contributed by atoms with Gasteiger partial charge in [0.1, 0.15) is 10.7 Å². The summed E-state index contributed by atoms with van der Waals surface area (Å²) in [6.07, 6.45) is 1.31. The smallest absolute Gasteiger partial charge is 0.242 e. The molecule has 8 heteroatoms. The number of anilines is 1. The lowest BCUT2D eigenvalue weighted by Crippen LogP contribution is -2.26. The second-order valence-corrected chi connectivity index (χ2v) is 7.22. The Balaban J connectivity index is 2.72. The van der Waals surface area contributed by atoms with Gasteiger partial charge in [-0.1, -0.05) is 6.92 Å². The molecular weight excluding hydrogens is 351 g/mol. The Morgan fingerprint density at radius 1 is 1.50 bits per heavy atom. The van der Waals surface area contributed by atoms with Crippen molar-refractivity contribution in [3.63, 3.8) is 0 Å². The predicted octanol–water partition coefficient (Wildman–Crippen LogP) is 1.86. The molecule has 1 unspecified atom stereocenters. The molecule has 0 saturated heterocycles. The number of rotatable bonds is 7. The van der Waals surface area contributed by atoms with Crippen LogP contribution in [0.2, 0.25) is 0 Å². The zero-order valence-electron chi connectivity index (χ0n) is 11.1. The highest BCUT2D eigenvalue weighted by atomic mass is 79.9. The van der Waals surface area contributed by atoms with E-state index in [2.05, 4.69) is 20.7 Å². The van der Waals surface area contributed by atoms with E-state index in [0.29, 0.717) is 12.8 Å². The highest BCUT2D eigenvalue weighted by Crippen LogP contribution is 2.25. The van der Waals surface area contributed by atoms with Gasteiger partial charge in [-0.05, 0) is 46.8 Å². The van der Waals surface area contributed by atoms with Crippen molar-refractivity contribution in [1.82, 2.24) is 4.72 Å². The zero-order valence-corrected chi connectivity index (χ0v) is 13.5. The summed E-state index contributed by atoms with van der Waals surface area (Å²) < 4.78 is 39.8. The average molecular weight is 369 g/mol. The third kappa shape index (κ3) is 4.69. The molecule has 0 amide bonds. The highest BCUT2D eigenvalue weighted by molar-refractivity contribution is 9.10. The van der Waals surface area contributed by atoms with E-state index in [-0.39, 0.29) is 34.1 Å². The summed E-state index contributed by atoms with van der Waals surface area (Å²) in [5.74, 6) is -0.484. The summed E-state index contributed by atoms with van der Waals surface area (Å²) in [5, 5.41) is 8.87. The minimum atomic E-state index is -3.77. The van der Waals surface area contributed by atoms with Gasteiger partial charge in [0.2, 0.25) is 10.0 Å². The van der Waals surface area contributed by atoms with Gasteiger partial charge in [0.05, 0.1) is 10.2 Å². The summed E-state index contributed by atoms with van der Waals surface area (Å²) >= 11 is 2.93. The van der Waals surface area contributed by atoms with Gasteiger partial charge in [-0.15, -0.1) is 0 Å². The van der Waals surface area contributed by atoms with Gasteiger partial charge in [0.25, 0.3) is 0 Å². The fourth-order valence-corrected chi connectivity index (χ4v) is 3.31. The van der Waals surface area contributed by atoms with Crippen LogP contribution in [0.4, 0.5) is 10.1 Å². The van der Waals surface area contributed by atoms with Gasteiger partial charge in [-0.2, -0.15) is 0 Å². The highest BCUT2D eigenvalue weighted by Gasteiger charge is 2.19. The fraction of sp³-hybridized carbons (Fsp3) is 0.500. The van der Waals surface area contributed by atoms with Gasteiger partial charge in [0.15, 0.2) is 0 Å². The van der Waals surface area contributed by atoms with Crippen molar-refractivity contribution in [2.24, 2.45) is 5.92 Å². The number of hydrogen-bond donors (Lipinski definition) is 3. The second kappa shape index (κ2) is 7.35. The molecule has 1 atom stereocenters. The van der Waals surface area contributed by atoms with Gasteiger partial charge >= 0.3 is 0 Å². The molecule has 4 N–H and O–H groups in total. The van der Waals surface area contributed by atoms with Crippen LogP contribution in [0.3, 0.4) is 0 Å². The van der Waals surface area contributed by atoms with Crippen LogP contribution in [-0.4, -0.2) is 26.7 Å². The molecule has 0 aromatic heterocycles. The van der Waals surface area contributed by atoms with E-state index in [4.69, 9.17) is 10.8 Å². The van der Waals surface area contributed by atoms with Crippen molar-refractivity contribution in [3.05, 3.63) is 22.4 Å². The first kappa shape index (κ1) is 17.4.